The molecule has 0 N–H and O–H groups in total. The van der Waals surface area contributed by atoms with Crippen molar-refractivity contribution in [1.82, 2.24) is 24.9 Å². The second-order valence-electron chi connectivity index (χ2n) is 2.61. The van der Waals surface area contributed by atoms with Crippen LogP contribution < -0.4 is 0 Å². The predicted molar refractivity (Wildman–Crippen MR) is 42.9 cm³/mol. The molecule has 0 amide bonds. The molecule has 0 aliphatic carbocycles. The van der Waals surface area contributed by atoms with Gasteiger partial charge in [0.25, 0.3) is 5.82 Å². The summed E-state index contributed by atoms with van der Waals surface area (Å²) in [6, 6.07) is 1.83. The Bertz CT molecular complexity index is 478. The SMILES string of the molecule is Cc1noc(Cn2cnc(C#N)n2)n1. The van der Waals surface area contributed by atoms with Gasteiger partial charge in [0.15, 0.2) is 5.82 Å². The Balaban J connectivity index is 2.15. The summed E-state index contributed by atoms with van der Waals surface area (Å²) in [5.41, 5.74) is 0. The third kappa shape index (κ3) is 1.59. The number of nitrogens with zero attached hydrogens (tertiary/aromatic N) is 6. The molecule has 7 nitrogen and oxygen atoms in total. The average Bonchev–Trinajstić information content (AvgIpc) is 2.76. The molecule has 0 aromatic carbocycles. The maximum absolute atomic E-state index is 8.48. The van der Waals surface area contributed by atoms with Crippen molar-refractivity contribution in [3.8, 4) is 6.07 Å². The van der Waals surface area contributed by atoms with Crippen molar-refractivity contribution >= 4 is 0 Å². The largest absolute Gasteiger partial charge is 0.337 e. The van der Waals surface area contributed by atoms with E-state index in [-0.39, 0.29) is 5.82 Å². The highest BCUT2D eigenvalue weighted by Gasteiger charge is 2.05. The maximum atomic E-state index is 8.48. The first-order valence-corrected chi connectivity index (χ1v) is 3.86. The van der Waals surface area contributed by atoms with E-state index in [2.05, 4.69) is 20.2 Å². The fraction of sp³-hybridized carbons (Fsp3) is 0.286. The van der Waals surface area contributed by atoms with Crippen LogP contribution in [0, 0.1) is 18.3 Å². The van der Waals surface area contributed by atoms with Crippen LogP contribution in [-0.4, -0.2) is 24.9 Å². The minimum atomic E-state index is 0.126. The average molecular weight is 190 g/mol. The van der Waals surface area contributed by atoms with E-state index in [9.17, 15) is 0 Å². The maximum Gasteiger partial charge on any atom is 0.252 e. The molecule has 0 unspecified atom stereocenters. The molecule has 0 saturated heterocycles. The Morgan fingerprint density at radius 1 is 1.64 bits per heavy atom. The van der Waals surface area contributed by atoms with Crippen molar-refractivity contribution in [1.29, 1.82) is 5.26 Å². The minimum absolute atomic E-state index is 0.126. The fourth-order valence-electron chi connectivity index (χ4n) is 0.965. The number of hydrogen-bond donors (Lipinski definition) is 0. The van der Waals surface area contributed by atoms with Crippen molar-refractivity contribution < 1.29 is 4.52 Å². The molecule has 2 aromatic heterocycles. The Hall–Kier alpha value is -2.23. The van der Waals surface area contributed by atoms with Crippen molar-refractivity contribution in [3.05, 3.63) is 23.9 Å². The van der Waals surface area contributed by atoms with Crippen molar-refractivity contribution in [2.45, 2.75) is 13.5 Å². The first-order chi connectivity index (χ1) is 6.78. The number of nitriles is 1. The van der Waals surface area contributed by atoms with Gasteiger partial charge >= 0.3 is 0 Å². The summed E-state index contributed by atoms with van der Waals surface area (Å²) in [6.45, 7) is 2.06. The molecule has 0 spiro atoms. The molecular weight excluding hydrogens is 184 g/mol. The Kier molecular flexibility index (Phi) is 1.95. The summed E-state index contributed by atoms with van der Waals surface area (Å²) >= 11 is 0. The Labute approximate surface area is 79.0 Å². The molecule has 0 aliphatic rings. The first-order valence-electron chi connectivity index (χ1n) is 3.86. The lowest BCUT2D eigenvalue weighted by molar-refractivity contribution is 0.362. The van der Waals surface area contributed by atoms with Crippen molar-refractivity contribution in [2.24, 2.45) is 0 Å². The summed E-state index contributed by atoms with van der Waals surface area (Å²) in [7, 11) is 0. The molecule has 0 saturated carbocycles. The van der Waals surface area contributed by atoms with E-state index in [1.165, 1.54) is 11.0 Å². The predicted octanol–water partition coefficient (Wildman–Crippen LogP) is -0.111. The fourth-order valence-corrected chi connectivity index (χ4v) is 0.965. The zero-order chi connectivity index (χ0) is 9.97. The molecule has 0 bridgehead atoms. The van der Waals surface area contributed by atoms with Crippen LogP contribution in [0.2, 0.25) is 0 Å². The molecule has 2 heterocycles. The van der Waals surface area contributed by atoms with Gasteiger partial charge in [-0.1, -0.05) is 5.16 Å². The van der Waals surface area contributed by atoms with E-state index in [0.717, 1.165) is 0 Å². The van der Waals surface area contributed by atoms with Crippen molar-refractivity contribution in [3.63, 3.8) is 0 Å². The van der Waals surface area contributed by atoms with Crippen LogP contribution in [0.4, 0.5) is 0 Å². The van der Waals surface area contributed by atoms with E-state index >= 15 is 0 Å². The molecule has 0 atom stereocenters. The van der Waals surface area contributed by atoms with Crippen LogP contribution in [0.15, 0.2) is 10.9 Å². The van der Waals surface area contributed by atoms with Crippen LogP contribution in [0.3, 0.4) is 0 Å². The highest BCUT2D eigenvalue weighted by atomic mass is 16.5. The van der Waals surface area contributed by atoms with Gasteiger partial charge in [-0.2, -0.15) is 10.2 Å². The molecule has 0 radical (unpaired) electrons. The van der Waals surface area contributed by atoms with E-state index in [4.69, 9.17) is 9.78 Å². The second kappa shape index (κ2) is 3.26. The smallest absolute Gasteiger partial charge is 0.252 e. The van der Waals surface area contributed by atoms with Gasteiger partial charge in [-0.15, -0.1) is 5.10 Å². The Morgan fingerprint density at radius 2 is 2.50 bits per heavy atom. The quantitative estimate of drug-likeness (QED) is 0.655. The number of aryl methyl sites for hydroxylation is 1. The van der Waals surface area contributed by atoms with Gasteiger partial charge in [0.1, 0.15) is 18.9 Å². The summed E-state index contributed by atoms with van der Waals surface area (Å²) in [5, 5.41) is 16.0. The van der Waals surface area contributed by atoms with Gasteiger partial charge in [0.05, 0.1) is 0 Å². The summed E-state index contributed by atoms with van der Waals surface area (Å²) in [5.74, 6) is 1.14. The lowest BCUT2D eigenvalue weighted by atomic mass is 10.6. The van der Waals surface area contributed by atoms with Gasteiger partial charge in [0, 0.05) is 0 Å². The first kappa shape index (κ1) is 8.37. The minimum Gasteiger partial charge on any atom is -0.337 e. The van der Waals surface area contributed by atoms with Crippen molar-refractivity contribution in [2.75, 3.05) is 0 Å². The van der Waals surface area contributed by atoms with Crippen LogP contribution in [0.25, 0.3) is 0 Å². The van der Waals surface area contributed by atoms with Gasteiger partial charge < -0.3 is 4.52 Å². The zero-order valence-electron chi connectivity index (χ0n) is 7.38. The molecular formula is C7H6N6O. The molecule has 2 rings (SSSR count). The summed E-state index contributed by atoms with van der Waals surface area (Å²) in [4.78, 5) is 7.73. The topological polar surface area (TPSA) is 93.4 Å². The monoisotopic (exact) mass is 190 g/mol. The van der Waals surface area contributed by atoms with Gasteiger partial charge in [-0.3, -0.25) is 0 Å². The number of aromatic nitrogens is 5. The second-order valence-corrected chi connectivity index (χ2v) is 2.61. The number of rotatable bonds is 2. The van der Waals surface area contributed by atoms with Gasteiger partial charge in [-0.05, 0) is 6.92 Å². The highest BCUT2D eigenvalue weighted by Crippen LogP contribution is 1.98. The van der Waals surface area contributed by atoms with Crippen LogP contribution in [-0.2, 0) is 6.54 Å². The third-order valence-electron chi connectivity index (χ3n) is 1.50. The van der Waals surface area contributed by atoms with Crippen LogP contribution in [0.5, 0.6) is 0 Å². The lowest BCUT2D eigenvalue weighted by Gasteiger charge is -1.91. The molecule has 2 aromatic rings. The van der Waals surface area contributed by atoms with E-state index in [1.807, 2.05) is 6.07 Å². The number of hydrogen-bond acceptors (Lipinski definition) is 6. The zero-order valence-corrected chi connectivity index (χ0v) is 7.38. The van der Waals surface area contributed by atoms with Crippen LogP contribution >= 0.6 is 0 Å². The lowest BCUT2D eigenvalue weighted by Crippen LogP contribution is -2.00. The standard InChI is InChI=1S/C7H6N6O/c1-5-10-7(14-12-5)3-13-4-9-6(2-8)11-13/h4H,3H2,1H3. The van der Waals surface area contributed by atoms with E-state index in [0.29, 0.717) is 18.3 Å². The van der Waals surface area contributed by atoms with E-state index < -0.39 is 0 Å². The molecule has 0 fully saturated rings. The highest BCUT2D eigenvalue weighted by molar-refractivity contribution is 5.05. The summed E-state index contributed by atoms with van der Waals surface area (Å²) < 4.78 is 6.34. The van der Waals surface area contributed by atoms with Crippen LogP contribution in [0.1, 0.15) is 17.5 Å². The normalized spacial score (nSPS) is 10.0. The van der Waals surface area contributed by atoms with Gasteiger partial charge in [-0.25, -0.2) is 9.67 Å². The Morgan fingerprint density at radius 3 is 3.07 bits per heavy atom. The van der Waals surface area contributed by atoms with Gasteiger partial charge in [0.2, 0.25) is 5.89 Å². The molecule has 14 heavy (non-hydrogen) atoms. The molecule has 7 heteroatoms. The third-order valence-corrected chi connectivity index (χ3v) is 1.50. The molecule has 0 aliphatic heterocycles. The van der Waals surface area contributed by atoms with E-state index in [1.54, 1.807) is 6.92 Å². The molecule has 70 valence electrons. The summed E-state index contributed by atoms with van der Waals surface area (Å²) in [6.07, 6.45) is 1.44.